The average molecular weight is 819 g/mol. The minimum atomic E-state index is -0.119. The second kappa shape index (κ2) is 14.5. The van der Waals surface area contributed by atoms with E-state index in [1.165, 1.54) is 81.5 Å². The fraction of sp³-hybridized carbons (Fsp3) is 0.0667. The molecule has 0 N–H and O–H groups in total. The lowest BCUT2D eigenvalue weighted by molar-refractivity contribution is 0.535. The molecular weight excluding hydrogens is 777 g/mol. The van der Waals surface area contributed by atoms with Crippen molar-refractivity contribution < 1.29 is 0 Å². The Morgan fingerprint density at radius 2 is 1.09 bits per heavy atom. The SMILES string of the molecule is CCC1C(c2ccc3ccccc3c2)=NC(c2ccccc2)=NC1c1cccc2cc(-n3c4ccccc4c4cc5c6c7ccccc7ccc6n(-c6ccccc6)c5cc43)ccc12. The molecule has 0 saturated heterocycles. The van der Waals surface area contributed by atoms with Crippen molar-refractivity contribution in [3.8, 4) is 11.4 Å². The van der Waals surface area contributed by atoms with Gasteiger partial charge in [0, 0.05) is 44.4 Å². The fourth-order valence-electron chi connectivity index (χ4n) is 10.7. The van der Waals surface area contributed by atoms with Crippen LogP contribution in [0.3, 0.4) is 0 Å². The zero-order chi connectivity index (χ0) is 42.3. The van der Waals surface area contributed by atoms with Gasteiger partial charge in [-0.05, 0) is 104 Å². The van der Waals surface area contributed by atoms with E-state index in [9.17, 15) is 0 Å². The summed E-state index contributed by atoms with van der Waals surface area (Å²) in [4.78, 5) is 10.9. The van der Waals surface area contributed by atoms with Gasteiger partial charge < -0.3 is 9.13 Å². The van der Waals surface area contributed by atoms with Crippen molar-refractivity contribution in [1.29, 1.82) is 0 Å². The van der Waals surface area contributed by atoms with Crippen LogP contribution < -0.4 is 0 Å². The number of aliphatic imine (C=N–C) groups is 2. The molecule has 3 heterocycles. The van der Waals surface area contributed by atoms with Gasteiger partial charge in [0.25, 0.3) is 0 Å². The first-order valence-electron chi connectivity index (χ1n) is 22.4. The Morgan fingerprint density at radius 3 is 1.94 bits per heavy atom. The Bertz CT molecular complexity index is 3890. The van der Waals surface area contributed by atoms with E-state index in [4.69, 9.17) is 9.98 Å². The fourth-order valence-corrected chi connectivity index (χ4v) is 10.7. The van der Waals surface area contributed by atoms with Crippen molar-refractivity contribution in [2.75, 3.05) is 0 Å². The first-order chi connectivity index (χ1) is 31.7. The Hall–Kier alpha value is -8.08. The molecule has 302 valence electrons. The molecule has 0 radical (unpaired) electrons. The molecule has 0 spiro atoms. The van der Waals surface area contributed by atoms with Gasteiger partial charge in [-0.1, -0.05) is 165 Å². The van der Waals surface area contributed by atoms with Gasteiger partial charge >= 0.3 is 0 Å². The lowest BCUT2D eigenvalue weighted by Crippen LogP contribution is -2.28. The number of hydrogen-bond donors (Lipinski definition) is 0. The summed E-state index contributed by atoms with van der Waals surface area (Å²) in [5.41, 5.74) is 11.6. The average Bonchev–Trinajstić information content (AvgIpc) is 3.87. The highest BCUT2D eigenvalue weighted by atomic mass is 15.0. The van der Waals surface area contributed by atoms with E-state index in [0.717, 1.165) is 40.5 Å². The van der Waals surface area contributed by atoms with E-state index >= 15 is 0 Å². The Kier molecular flexibility index (Phi) is 8.29. The van der Waals surface area contributed by atoms with Crippen LogP contribution in [0.25, 0.3) is 87.3 Å². The molecule has 1 aliphatic heterocycles. The summed E-state index contributed by atoms with van der Waals surface area (Å²) < 4.78 is 4.91. The van der Waals surface area contributed by atoms with Crippen LogP contribution >= 0.6 is 0 Å². The van der Waals surface area contributed by atoms with Crippen molar-refractivity contribution in [2.24, 2.45) is 15.9 Å². The minimum Gasteiger partial charge on any atom is -0.309 e. The molecule has 64 heavy (non-hydrogen) atoms. The van der Waals surface area contributed by atoms with Gasteiger partial charge in [-0.3, -0.25) is 4.99 Å². The van der Waals surface area contributed by atoms with Gasteiger partial charge in [-0.25, -0.2) is 4.99 Å². The van der Waals surface area contributed by atoms with Crippen molar-refractivity contribution in [3.05, 3.63) is 229 Å². The van der Waals surface area contributed by atoms with Crippen LogP contribution in [0.2, 0.25) is 0 Å². The maximum atomic E-state index is 5.54. The number of fused-ring (bicyclic) bond motifs is 10. The highest BCUT2D eigenvalue weighted by Crippen LogP contribution is 2.44. The van der Waals surface area contributed by atoms with Crippen molar-refractivity contribution in [3.63, 3.8) is 0 Å². The van der Waals surface area contributed by atoms with E-state index in [2.05, 4.69) is 228 Å². The topological polar surface area (TPSA) is 34.6 Å². The number of aromatic nitrogens is 2. The van der Waals surface area contributed by atoms with Crippen LogP contribution in [0, 0.1) is 5.92 Å². The molecule has 0 amide bonds. The number of para-hydroxylation sites is 2. The van der Waals surface area contributed by atoms with E-state index < -0.39 is 0 Å². The van der Waals surface area contributed by atoms with Crippen molar-refractivity contribution in [2.45, 2.75) is 19.4 Å². The third-order valence-corrected chi connectivity index (χ3v) is 13.7. The quantitative estimate of drug-likeness (QED) is 0.160. The first-order valence-corrected chi connectivity index (χ1v) is 22.4. The highest BCUT2D eigenvalue weighted by molar-refractivity contribution is 6.25. The molecule has 2 atom stereocenters. The molecule has 0 bridgehead atoms. The van der Waals surface area contributed by atoms with E-state index in [0.29, 0.717) is 0 Å². The van der Waals surface area contributed by atoms with Crippen LogP contribution in [0.4, 0.5) is 0 Å². The number of nitrogens with zero attached hydrogens (tertiary/aromatic N) is 4. The monoisotopic (exact) mass is 818 g/mol. The summed E-state index contributed by atoms with van der Waals surface area (Å²) >= 11 is 0. The summed E-state index contributed by atoms with van der Waals surface area (Å²) in [5.74, 6) is 0.872. The molecule has 2 aromatic heterocycles. The third-order valence-electron chi connectivity index (χ3n) is 13.7. The molecule has 4 heteroatoms. The number of hydrogen-bond acceptors (Lipinski definition) is 2. The number of amidine groups is 1. The molecule has 0 aliphatic carbocycles. The second-order valence-corrected chi connectivity index (χ2v) is 17.2. The predicted molar refractivity (Wildman–Crippen MR) is 270 cm³/mol. The van der Waals surface area contributed by atoms with Crippen molar-refractivity contribution >= 4 is 87.5 Å². The van der Waals surface area contributed by atoms with Crippen LogP contribution in [0.5, 0.6) is 0 Å². The summed E-state index contributed by atoms with van der Waals surface area (Å²) in [7, 11) is 0. The minimum absolute atomic E-state index is 0.0899. The summed E-state index contributed by atoms with van der Waals surface area (Å²) in [6.07, 6.45) is 0.904. The molecule has 2 unspecified atom stereocenters. The Labute approximate surface area is 370 Å². The van der Waals surface area contributed by atoms with E-state index in [1.54, 1.807) is 0 Å². The molecule has 4 nitrogen and oxygen atoms in total. The van der Waals surface area contributed by atoms with Gasteiger partial charge in [-0.15, -0.1) is 0 Å². The van der Waals surface area contributed by atoms with Crippen LogP contribution in [-0.4, -0.2) is 20.7 Å². The predicted octanol–water partition coefficient (Wildman–Crippen LogP) is 15.4. The molecule has 0 saturated carbocycles. The standard InChI is InChI=1S/C60H42N4/c1-2-46-58(43-29-28-38-16-9-10-20-41(38)34-43)61-60(40-18-5-3-6-19-40)62-59(46)50-26-15-21-42-35-45(31-32-47(42)50)64-53-27-14-13-25-49(53)51-36-52-56(37-55(51)64)63(44-22-7-4-8-23-44)54-33-30-39-17-11-12-24-48(39)57(52)54/h3-37,46,59H,2H2,1H3. The Morgan fingerprint density at radius 1 is 0.406 bits per heavy atom. The van der Waals surface area contributed by atoms with Gasteiger partial charge in [0.1, 0.15) is 0 Å². The molecule has 13 rings (SSSR count). The summed E-state index contributed by atoms with van der Waals surface area (Å²) in [6.45, 7) is 2.28. The van der Waals surface area contributed by atoms with Gasteiger partial charge in [0.05, 0.1) is 33.8 Å². The van der Waals surface area contributed by atoms with Crippen LogP contribution in [0.15, 0.2) is 222 Å². The molecule has 12 aromatic rings. The molecule has 10 aromatic carbocycles. The Balaban J connectivity index is 1.01. The largest absolute Gasteiger partial charge is 0.309 e. The number of rotatable bonds is 6. The first kappa shape index (κ1) is 36.6. The lowest BCUT2D eigenvalue weighted by atomic mass is 9.81. The van der Waals surface area contributed by atoms with Gasteiger partial charge in [0.2, 0.25) is 0 Å². The van der Waals surface area contributed by atoms with Crippen LogP contribution in [0.1, 0.15) is 36.1 Å². The van der Waals surface area contributed by atoms with Crippen molar-refractivity contribution in [1.82, 2.24) is 9.13 Å². The normalized spacial score (nSPS) is 15.5. The number of benzene rings is 10. The zero-order valence-corrected chi connectivity index (χ0v) is 35.4. The molecule has 1 aliphatic rings. The highest BCUT2D eigenvalue weighted by Gasteiger charge is 2.33. The van der Waals surface area contributed by atoms with E-state index in [1.807, 2.05) is 0 Å². The van der Waals surface area contributed by atoms with Gasteiger partial charge in [-0.2, -0.15) is 0 Å². The maximum Gasteiger partial charge on any atom is 0.155 e. The zero-order valence-electron chi connectivity index (χ0n) is 35.4. The van der Waals surface area contributed by atoms with Gasteiger partial charge in [0.15, 0.2) is 5.84 Å². The molecular formula is C60H42N4. The van der Waals surface area contributed by atoms with E-state index in [-0.39, 0.29) is 12.0 Å². The molecule has 0 fully saturated rings. The smallest absolute Gasteiger partial charge is 0.155 e. The summed E-state index contributed by atoms with van der Waals surface area (Å²) in [5, 5.41) is 12.4. The summed E-state index contributed by atoms with van der Waals surface area (Å²) in [6, 6.07) is 77.3. The third kappa shape index (κ3) is 5.62. The maximum absolute atomic E-state index is 5.54. The second-order valence-electron chi connectivity index (χ2n) is 17.2. The lowest BCUT2D eigenvalue weighted by Gasteiger charge is -2.30. The van der Waals surface area contributed by atoms with Crippen LogP contribution in [-0.2, 0) is 0 Å².